The van der Waals surface area contributed by atoms with Gasteiger partial charge in [-0.15, -0.1) is 0 Å². The SMILES string of the molecule is CCNc1ncc(Br)c(Nc2ccc(C)c(F)c2)n1. The first kappa shape index (κ1) is 13.7. The highest BCUT2D eigenvalue weighted by atomic mass is 79.9. The van der Waals surface area contributed by atoms with E-state index in [2.05, 4.69) is 36.5 Å². The second kappa shape index (κ2) is 5.97. The van der Waals surface area contributed by atoms with Crippen LogP contribution in [0.15, 0.2) is 28.9 Å². The molecular weight excluding hydrogens is 311 g/mol. The number of hydrogen-bond acceptors (Lipinski definition) is 4. The molecule has 0 saturated carbocycles. The van der Waals surface area contributed by atoms with E-state index in [4.69, 9.17) is 0 Å². The third kappa shape index (κ3) is 3.41. The fraction of sp³-hybridized carbons (Fsp3) is 0.231. The Balaban J connectivity index is 2.26. The molecule has 1 heterocycles. The number of anilines is 3. The largest absolute Gasteiger partial charge is 0.354 e. The molecule has 0 aliphatic carbocycles. The van der Waals surface area contributed by atoms with Gasteiger partial charge < -0.3 is 10.6 Å². The van der Waals surface area contributed by atoms with Crippen molar-refractivity contribution in [3.05, 3.63) is 40.2 Å². The zero-order chi connectivity index (χ0) is 13.8. The maximum absolute atomic E-state index is 13.5. The van der Waals surface area contributed by atoms with Crippen LogP contribution in [0.1, 0.15) is 12.5 Å². The van der Waals surface area contributed by atoms with Crippen LogP contribution in [0.5, 0.6) is 0 Å². The van der Waals surface area contributed by atoms with Crippen molar-refractivity contribution in [1.29, 1.82) is 0 Å². The minimum atomic E-state index is -0.248. The van der Waals surface area contributed by atoms with Gasteiger partial charge in [-0.05, 0) is 47.5 Å². The Kier molecular flexibility index (Phi) is 4.31. The van der Waals surface area contributed by atoms with Crippen LogP contribution in [0.3, 0.4) is 0 Å². The van der Waals surface area contributed by atoms with Crippen molar-refractivity contribution in [3.8, 4) is 0 Å². The average Bonchev–Trinajstić information content (AvgIpc) is 2.38. The fourth-order valence-electron chi connectivity index (χ4n) is 1.51. The number of rotatable bonds is 4. The number of halogens is 2. The highest BCUT2D eigenvalue weighted by Crippen LogP contribution is 2.25. The second-order valence-electron chi connectivity index (χ2n) is 4.01. The number of aromatic nitrogens is 2. The van der Waals surface area contributed by atoms with Crippen molar-refractivity contribution >= 4 is 33.4 Å². The van der Waals surface area contributed by atoms with Crippen molar-refractivity contribution in [2.24, 2.45) is 0 Å². The number of aryl methyl sites for hydroxylation is 1. The number of nitrogens with one attached hydrogen (secondary N) is 2. The molecule has 6 heteroatoms. The second-order valence-corrected chi connectivity index (χ2v) is 4.86. The van der Waals surface area contributed by atoms with E-state index in [1.54, 1.807) is 25.3 Å². The standard InChI is InChI=1S/C13H14BrFN4/c1-3-16-13-17-7-10(14)12(19-13)18-9-5-4-8(2)11(15)6-9/h4-7H,3H2,1-2H3,(H2,16,17,18,19). The van der Waals surface area contributed by atoms with Crippen LogP contribution in [0.2, 0.25) is 0 Å². The van der Waals surface area contributed by atoms with Gasteiger partial charge in [0.1, 0.15) is 11.6 Å². The third-order valence-corrected chi connectivity index (χ3v) is 3.09. The van der Waals surface area contributed by atoms with Crippen LogP contribution in [-0.4, -0.2) is 16.5 Å². The molecule has 4 nitrogen and oxygen atoms in total. The molecule has 0 radical (unpaired) electrons. The molecule has 0 amide bonds. The molecule has 1 aromatic carbocycles. The quantitative estimate of drug-likeness (QED) is 0.896. The van der Waals surface area contributed by atoms with E-state index in [1.807, 2.05) is 6.92 Å². The van der Waals surface area contributed by atoms with Gasteiger partial charge in [0.2, 0.25) is 5.95 Å². The topological polar surface area (TPSA) is 49.8 Å². The van der Waals surface area contributed by atoms with E-state index >= 15 is 0 Å². The van der Waals surface area contributed by atoms with Crippen molar-refractivity contribution in [2.45, 2.75) is 13.8 Å². The highest BCUT2D eigenvalue weighted by Gasteiger charge is 2.06. The van der Waals surface area contributed by atoms with Gasteiger partial charge >= 0.3 is 0 Å². The lowest BCUT2D eigenvalue weighted by atomic mass is 10.2. The summed E-state index contributed by atoms with van der Waals surface area (Å²) in [6, 6.07) is 4.97. The maximum atomic E-state index is 13.5. The lowest BCUT2D eigenvalue weighted by Crippen LogP contribution is -2.04. The molecule has 100 valence electrons. The first-order chi connectivity index (χ1) is 9.10. The Morgan fingerprint density at radius 2 is 2.16 bits per heavy atom. The molecule has 2 rings (SSSR count). The molecule has 1 aromatic heterocycles. The van der Waals surface area contributed by atoms with E-state index in [-0.39, 0.29) is 5.82 Å². The minimum Gasteiger partial charge on any atom is -0.354 e. The van der Waals surface area contributed by atoms with Crippen molar-refractivity contribution < 1.29 is 4.39 Å². The first-order valence-corrected chi connectivity index (χ1v) is 6.69. The summed E-state index contributed by atoms with van der Waals surface area (Å²) in [4.78, 5) is 8.43. The number of nitrogens with zero attached hydrogens (tertiary/aromatic N) is 2. The Labute approximate surface area is 119 Å². The first-order valence-electron chi connectivity index (χ1n) is 5.89. The van der Waals surface area contributed by atoms with Crippen LogP contribution in [-0.2, 0) is 0 Å². The minimum absolute atomic E-state index is 0.248. The van der Waals surface area contributed by atoms with Crippen LogP contribution in [0.25, 0.3) is 0 Å². The summed E-state index contributed by atoms with van der Waals surface area (Å²) in [6.07, 6.45) is 1.65. The normalized spacial score (nSPS) is 10.3. The summed E-state index contributed by atoms with van der Waals surface area (Å²) in [5.74, 6) is 0.872. The maximum Gasteiger partial charge on any atom is 0.224 e. The van der Waals surface area contributed by atoms with Crippen molar-refractivity contribution in [3.63, 3.8) is 0 Å². The molecule has 0 aliphatic heterocycles. The Morgan fingerprint density at radius 1 is 1.37 bits per heavy atom. The van der Waals surface area contributed by atoms with E-state index < -0.39 is 0 Å². The van der Waals surface area contributed by atoms with Gasteiger partial charge in [-0.3, -0.25) is 0 Å². The Morgan fingerprint density at radius 3 is 2.84 bits per heavy atom. The van der Waals surface area contributed by atoms with E-state index in [1.165, 1.54) is 6.07 Å². The van der Waals surface area contributed by atoms with Gasteiger partial charge in [0.25, 0.3) is 0 Å². The zero-order valence-corrected chi connectivity index (χ0v) is 12.3. The number of hydrogen-bond donors (Lipinski definition) is 2. The lowest BCUT2D eigenvalue weighted by Gasteiger charge is -2.10. The van der Waals surface area contributed by atoms with Crippen LogP contribution < -0.4 is 10.6 Å². The Bertz CT molecular complexity index is 589. The molecule has 2 aromatic rings. The smallest absolute Gasteiger partial charge is 0.224 e. The van der Waals surface area contributed by atoms with Gasteiger partial charge in [-0.1, -0.05) is 6.07 Å². The van der Waals surface area contributed by atoms with Gasteiger partial charge in [-0.25, -0.2) is 9.37 Å². The van der Waals surface area contributed by atoms with Crippen molar-refractivity contribution in [2.75, 3.05) is 17.2 Å². The van der Waals surface area contributed by atoms with Crippen LogP contribution >= 0.6 is 15.9 Å². The summed E-state index contributed by atoms with van der Waals surface area (Å²) in [5.41, 5.74) is 1.26. The van der Waals surface area contributed by atoms with E-state index in [9.17, 15) is 4.39 Å². The van der Waals surface area contributed by atoms with Gasteiger partial charge in [0, 0.05) is 18.4 Å². The average molecular weight is 325 g/mol. The Hall–Kier alpha value is -1.69. The van der Waals surface area contributed by atoms with Crippen LogP contribution in [0.4, 0.5) is 21.8 Å². The molecule has 0 saturated heterocycles. The summed E-state index contributed by atoms with van der Waals surface area (Å²) >= 11 is 3.36. The molecular formula is C13H14BrFN4. The number of benzene rings is 1. The molecule has 0 fully saturated rings. The molecule has 0 aliphatic rings. The van der Waals surface area contributed by atoms with Crippen molar-refractivity contribution in [1.82, 2.24) is 9.97 Å². The third-order valence-electron chi connectivity index (χ3n) is 2.51. The zero-order valence-electron chi connectivity index (χ0n) is 10.7. The molecule has 0 bridgehead atoms. The molecule has 19 heavy (non-hydrogen) atoms. The predicted molar refractivity (Wildman–Crippen MR) is 78.3 cm³/mol. The molecule has 0 spiro atoms. The van der Waals surface area contributed by atoms with E-state index in [0.29, 0.717) is 23.0 Å². The summed E-state index contributed by atoms with van der Waals surface area (Å²) in [6.45, 7) is 4.43. The van der Waals surface area contributed by atoms with Gasteiger partial charge in [0.05, 0.1) is 4.47 Å². The van der Waals surface area contributed by atoms with Gasteiger partial charge in [0.15, 0.2) is 0 Å². The lowest BCUT2D eigenvalue weighted by molar-refractivity contribution is 0.619. The highest BCUT2D eigenvalue weighted by molar-refractivity contribution is 9.10. The molecule has 0 atom stereocenters. The van der Waals surface area contributed by atoms with E-state index in [0.717, 1.165) is 11.0 Å². The predicted octanol–water partition coefficient (Wildman–Crippen LogP) is 3.86. The van der Waals surface area contributed by atoms with Gasteiger partial charge in [-0.2, -0.15) is 4.98 Å². The summed E-state index contributed by atoms with van der Waals surface area (Å²) in [5, 5.41) is 6.09. The fourth-order valence-corrected chi connectivity index (χ4v) is 1.80. The molecule has 2 N–H and O–H groups in total. The molecule has 0 unspecified atom stereocenters. The summed E-state index contributed by atoms with van der Waals surface area (Å²) in [7, 11) is 0. The monoisotopic (exact) mass is 324 g/mol. The van der Waals surface area contributed by atoms with Crippen LogP contribution in [0, 0.1) is 12.7 Å². The summed E-state index contributed by atoms with van der Waals surface area (Å²) < 4.78 is 14.2.